The van der Waals surface area contributed by atoms with Crippen LogP contribution in [0.2, 0.25) is 0 Å². The van der Waals surface area contributed by atoms with E-state index in [0.29, 0.717) is 16.6 Å². The third-order valence-corrected chi connectivity index (χ3v) is 6.29. The standard InChI is InChI=1S/C21H16N6O3S/c22-13-6-8-14(9-7-13)31(29,30)27-21(28)20-16-10-5-12(11-18(16)24-26-20)19-15-3-1-2-4-17(15)23-25-19/h1-11H,22H2,(H,23,25)(H,24,26)(H,27,28). The first-order valence-corrected chi connectivity index (χ1v) is 10.7. The minimum Gasteiger partial charge on any atom is -0.399 e. The van der Waals surface area contributed by atoms with Gasteiger partial charge in [0.1, 0.15) is 0 Å². The molecule has 2 aromatic heterocycles. The van der Waals surface area contributed by atoms with Crippen molar-refractivity contribution in [3.63, 3.8) is 0 Å². The average Bonchev–Trinajstić information content (AvgIpc) is 3.37. The third-order valence-electron chi connectivity index (χ3n) is 4.94. The molecule has 5 rings (SSSR count). The zero-order valence-corrected chi connectivity index (χ0v) is 16.8. The van der Waals surface area contributed by atoms with Crippen LogP contribution in [0.1, 0.15) is 10.5 Å². The van der Waals surface area contributed by atoms with Gasteiger partial charge < -0.3 is 5.73 Å². The molecule has 5 aromatic rings. The second-order valence-corrected chi connectivity index (χ2v) is 8.64. The van der Waals surface area contributed by atoms with E-state index in [0.717, 1.165) is 22.2 Å². The minimum absolute atomic E-state index is 0.0209. The maximum absolute atomic E-state index is 12.6. The van der Waals surface area contributed by atoms with Crippen molar-refractivity contribution in [3.05, 3.63) is 72.4 Å². The number of H-pyrrole nitrogens is 2. The highest BCUT2D eigenvalue weighted by Crippen LogP contribution is 2.29. The fourth-order valence-electron chi connectivity index (χ4n) is 3.40. The minimum atomic E-state index is -4.06. The van der Waals surface area contributed by atoms with E-state index in [9.17, 15) is 13.2 Å². The Morgan fingerprint density at radius 1 is 0.871 bits per heavy atom. The highest BCUT2D eigenvalue weighted by Gasteiger charge is 2.22. The lowest BCUT2D eigenvalue weighted by Crippen LogP contribution is -2.31. The number of nitrogens with one attached hydrogen (secondary N) is 3. The average molecular weight is 432 g/mol. The molecule has 0 spiro atoms. The summed E-state index contributed by atoms with van der Waals surface area (Å²) in [6.45, 7) is 0. The second-order valence-electron chi connectivity index (χ2n) is 6.95. The van der Waals surface area contributed by atoms with Crippen molar-refractivity contribution in [2.45, 2.75) is 4.90 Å². The van der Waals surface area contributed by atoms with E-state index in [2.05, 4.69) is 20.4 Å². The van der Waals surface area contributed by atoms with Crippen molar-refractivity contribution in [2.75, 3.05) is 5.73 Å². The number of amides is 1. The summed E-state index contributed by atoms with van der Waals surface area (Å²) in [5, 5.41) is 15.6. The van der Waals surface area contributed by atoms with Gasteiger partial charge in [0.15, 0.2) is 5.69 Å². The highest BCUT2D eigenvalue weighted by atomic mass is 32.2. The number of sulfonamides is 1. The molecule has 9 nitrogen and oxygen atoms in total. The summed E-state index contributed by atoms with van der Waals surface area (Å²) >= 11 is 0. The number of anilines is 1. The molecule has 0 aliphatic heterocycles. The Morgan fingerprint density at radius 3 is 2.42 bits per heavy atom. The van der Waals surface area contributed by atoms with Gasteiger partial charge >= 0.3 is 0 Å². The maximum atomic E-state index is 12.6. The number of benzene rings is 3. The second kappa shape index (κ2) is 6.96. The Kier molecular flexibility index (Phi) is 4.22. The smallest absolute Gasteiger partial charge is 0.286 e. The summed E-state index contributed by atoms with van der Waals surface area (Å²) in [6.07, 6.45) is 0. The molecular weight excluding hydrogens is 416 g/mol. The molecule has 0 fully saturated rings. The number of nitrogen functional groups attached to an aromatic ring is 1. The van der Waals surface area contributed by atoms with Gasteiger partial charge in [0.25, 0.3) is 15.9 Å². The molecule has 0 aliphatic carbocycles. The first-order valence-electron chi connectivity index (χ1n) is 9.27. The van der Waals surface area contributed by atoms with Crippen molar-refractivity contribution in [2.24, 2.45) is 0 Å². The molecule has 0 bridgehead atoms. The van der Waals surface area contributed by atoms with Crippen LogP contribution in [0.3, 0.4) is 0 Å². The first-order chi connectivity index (χ1) is 14.9. The van der Waals surface area contributed by atoms with Gasteiger partial charge in [0.2, 0.25) is 0 Å². The van der Waals surface area contributed by atoms with Gasteiger partial charge in [0, 0.05) is 22.0 Å². The van der Waals surface area contributed by atoms with E-state index in [1.807, 2.05) is 41.1 Å². The van der Waals surface area contributed by atoms with Crippen LogP contribution in [0.4, 0.5) is 5.69 Å². The first kappa shape index (κ1) is 18.8. The van der Waals surface area contributed by atoms with Crippen LogP contribution >= 0.6 is 0 Å². The van der Waals surface area contributed by atoms with E-state index in [1.54, 1.807) is 6.07 Å². The summed E-state index contributed by atoms with van der Waals surface area (Å²) < 4.78 is 27.0. The van der Waals surface area contributed by atoms with Gasteiger partial charge in [0.05, 0.1) is 21.6 Å². The quantitative estimate of drug-likeness (QED) is 0.321. The van der Waals surface area contributed by atoms with Crippen molar-refractivity contribution in [3.8, 4) is 11.3 Å². The molecule has 5 N–H and O–H groups in total. The van der Waals surface area contributed by atoms with Crippen LogP contribution in [0.5, 0.6) is 0 Å². The Labute approximate surface area is 176 Å². The number of hydrogen-bond donors (Lipinski definition) is 4. The lowest BCUT2D eigenvalue weighted by atomic mass is 10.1. The van der Waals surface area contributed by atoms with Gasteiger partial charge in [-0.05, 0) is 42.5 Å². The van der Waals surface area contributed by atoms with Crippen LogP contribution in [-0.2, 0) is 10.0 Å². The van der Waals surface area contributed by atoms with Gasteiger partial charge in [-0.3, -0.25) is 15.0 Å². The van der Waals surface area contributed by atoms with E-state index >= 15 is 0 Å². The largest absolute Gasteiger partial charge is 0.399 e. The molecule has 3 aromatic carbocycles. The monoisotopic (exact) mass is 432 g/mol. The number of para-hydroxylation sites is 1. The van der Waals surface area contributed by atoms with Gasteiger partial charge in [-0.25, -0.2) is 13.1 Å². The van der Waals surface area contributed by atoms with Crippen molar-refractivity contribution >= 4 is 43.4 Å². The Bertz CT molecular complexity index is 1550. The van der Waals surface area contributed by atoms with E-state index in [-0.39, 0.29) is 10.6 Å². The van der Waals surface area contributed by atoms with Gasteiger partial charge in [-0.2, -0.15) is 10.2 Å². The summed E-state index contributed by atoms with van der Waals surface area (Å²) in [5.74, 6) is -0.832. The van der Waals surface area contributed by atoms with Crippen molar-refractivity contribution in [1.29, 1.82) is 0 Å². The molecule has 0 aliphatic rings. The predicted molar refractivity (Wildman–Crippen MR) is 117 cm³/mol. The molecule has 0 atom stereocenters. The fourth-order valence-corrected chi connectivity index (χ4v) is 4.35. The number of carbonyl (C=O) groups excluding carboxylic acids is 1. The van der Waals surface area contributed by atoms with Crippen LogP contribution in [0.15, 0.2) is 71.6 Å². The number of nitrogens with zero attached hydrogens (tertiary/aromatic N) is 2. The van der Waals surface area contributed by atoms with Crippen LogP contribution in [-0.4, -0.2) is 34.7 Å². The normalized spacial score (nSPS) is 11.7. The van der Waals surface area contributed by atoms with Crippen LogP contribution in [0.25, 0.3) is 33.1 Å². The van der Waals surface area contributed by atoms with Crippen molar-refractivity contribution in [1.82, 2.24) is 25.1 Å². The zero-order chi connectivity index (χ0) is 21.6. The van der Waals surface area contributed by atoms with Crippen LogP contribution < -0.4 is 10.5 Å². The van der Waals surface area contributed by atoms with E-state index in [4.69, 9.17) is 5.73 Å². The highest BCUT2D eigenvalue weighted by molar-refractivity contribution is 7.90. The topological polar surface area (TPSA) is 147 Å². The molecule has 154 valence electrons. The molecule has 2 heterocycles. The van der Waals surface area contributed by atoms with Crippen LogP contribution in [0, 0.1) is 0 Å². The number of carbonyl (C=O) groups is 1. The number of rotatable bonds is 4. The number of aromatic nitrogens is 4. The summed E-state index contributed by atoms with van der Waals surface area (Å²) in [4.78, 5) is 12.6. The van der Waals surface area contributed by atoms with Crippen molar-refractivity contribution < 1.29 is 13.2 Å². The molecule has 31 heavy (non-hydrogen) atoms. The third kappa shape index (κ3) is 3.28. The summed E-state index contributed by atoms with van der Waals surface area (Å²) in [7, 11) is -4.06. The molecule has 0 unspecified atom stereocenters. The molecule has 0 saturated heterocycles. The maximum Gasteiger partial charge on any atom is 0.286 e. The molecule has 10 heteroatoms. The lowest BCUT2D eigenvalue weighted by molar-refractivity contribution is 0.0978. The molecule has 1 amide bonds. The number of fused-ring (bicyclic) bond motifs is 2. The summed E-state index contributed by atoms with van der Waals surface area (Å²) in [5.41, 5.74) is 9.08. The van der Waals surface area contributed by atoms with E-state index in [1.165, 1.54) is 24.3 Å². The van der Waals surface area contributed by atoms with Gasteiger partial charge in [-0.15, -0.1) is 0 Å². The number of nitrogens with two attached hydrogens (primary N) is 1. The van der Waals surface area contributed by atoms with Gasteiger partial charge in [-0.1, -0.05) is 24.3 Å². The number of hydrogen-bond acceptors (Lipinski definition) is 6. The van der Waals surface area contributed by atoms with E-state index < -0.39 is 15.9 Å². The summed E-state index contributed by atoms with van der Waals surface area (Å²) in [6, 6.07) is 18.6. The number of aromatic amines is 2. The lowest BCUT2D eigenvalue weighted by Gasteiger charge is -2.06. The predicted octanol–water partition coefficient (Wildman–Crippen LogP) is 2.81. The fraction of sp³-hybridized carbons (Fsp3) is 0. The molecule has 0 saturated carbocycles. The Morgan fingerprint density at radius 2 is 1.61 bits per heavy atom. The zero-order valence-electron chi connectivity index (χ0n) is 16.0. The molecule has 0 radical (unpaired) electrons. The Balaban J connectivity index is 1.47. The molecular formula is C21H16N6O3S. The Hall–Kier alpha value is -4.18. The SMILES string of the molecule is Nc1ccc(S(=O)(=O)NC(=O)c2n[nH]c3cc(-c4n[nH]c5ccccc45)ccc23)cc1.